The minimum absolute atomic E-state index is 0. The Morgan fingerprint density at radius 1 is 1.52 bits per heavy atom. The fraction of sp³-hybridized carbons (Fsp3) is 0.714. The van der Waals surface area contributed by atoms with E-state index < -0.39 is 0 Å². The van der Waals surface area contributed by atoms with Gasteiger partial charge in [-0.05, 0) is 33.6 Å². The molecule has 1 aromatic heterocycles. The van der Waals surface area contributed by atoms with Gasteiger partial charge in [0.2, 0.25) is 5.91 Å². The summed E-state index contributed by atoms with van der Waals surface area (Å²) < 4.78 is 0. The number of nitrogens with one attached hydrogen (secondary N) is 1. The van der Waals surface area contributed by atoms with Crippen molar-refractivity contribution in [2.45, 2.75) is 58.0 Å². The molecule has 21 heavy (non-hydrogen) atoms. The summed E-state index contributed by atoms with van der Waals surface area (Å²) in [6.07, 6.45) is 5.88. The molecule has 0 aromatic carbocycles. The lowest BCUT2D eigenvalue weighted by Crippen LogP contribution is -2.53. The van der Waals surface area contributed by atoms with Crippen molar-refractivity contribution in [3.05, 3.63) is 16.1 Å². The summed E-state index contributed by atoms with van der Waals surface area (Å²) in [4.78, 5) is 17.9. The van der Waals surface area contributed by atoms with Gasteiger partial charge in [-0.15, -0.1) is 36.2 Å². The van der Waals surface area contributed by atoms with Crippen LogP contribution in [0.25, 0.3) is 0 Å². The molecule has 1 aliphatic carbocycles. The largest absolute Gasteiger partial charge is 0.347 e. The van der Waals surface area contributed by atoms with E-state index in [-0.39, 0.29) is 48.2 Å². The number of nitrogens with two attached hydrogens (primary N) is 1. The maximum Gasteiger partial charge on any atom is 0.225 e. The lowest BCUT2D eigenvalue weighted by molar-refractivity contribution is -0.128. The summed E-state index contributed by atoms with van der Waals surface area (Å²) in [6.45, 7) is 6.00. The van der Waals surface area contributed by atoms with Gasteiger partial charge in [0.15, 0.2) is 0 Å². The minimum Gasteiger partial charge on any atom is -0.347 e. The first-order chi connectivity index (χ1) is 8.90. The molecular formula is C14H25Cl2N3OS. The number of carbonyl (C=O) groups is 1. The molecule has 1 heterocycles. The number of rotatable bonds is 3. The van der Waals surface area contributed by atoms with Crippen LogP contribution < -0.4 is 11.1 Å². The number of carbonyl (C=O) groups excluding carboxylic acids is 1. The number of hydrogen-bond donors (Lipinski definition) is 2. The second-order valence-electron chi connectivity index (χ2n) is 5.84. The highest BCUT2D eigenvalue weighted by Crippen LogP contribution is 2.32. The summed E-state index contributed by atoms with van der Waals surface area (Å²) in [5, 5.41) is 4.02. The molecule has 0 saturated heterocycles. The van der Waals surface area contributed by atoms with E-state index >= 15 is 0 Å². The maximum absolute atomic E-state index is 12.4. The topological polar surface area (TPSA) is 68.0 Å². The molecule has 1 aromatic rings. The predicted octanol–water partition coefficient (Wildman–Crippen LogP) is 3.38. The predicted molar refractivity (Wildman–Crippen MR) is 92.5 cm³/mol. The van der Waals surface area contributed by atoms with Gasteiger partial charge >= 0.3 is 0 Å². The fourth-order valence-corrected chi connectivity index (χ4v) is 3.51. The lowest BCUT2D eigenvalue weighted by Gasteiger charge is -2.37. The zero-order valence-corrected chi connectivity index (χ0v) is 15.2. The van der Waals surface area contributed by atoms with Crippen molar-refractivity contribution in [1.82, 2.24) is 10.3 Å². The SMILES string of the molecule is Cc1cnc(C(C)NC(=O)C2CCCCC2(C)N)s1.Cl.Cl. The Morgan fingerprint density at radius 3 is 2.71 bits per heavy atom. The molecule has 1 amide bonds. The number of aryl methyl sites for hydroxylation is 1. The van der Waals surface area contributed by atoms with Crippen LogP contribution in [0.1, 0.15) is 55.5 Å². The summed E-state index contributed by atoms with van der Waals surface area (Å²) in [6, 6.07) is -0.0380. The molecule has 3 N–H and O–H groups in total. The van der Waals surface area contributed by atoms with Gasteiger partial charge in [0.05, 0.1) is 12.0 Å². The van der Waals surface area contributed by atoms with Gasteiger partial charge in [-0.2, -0.15) is 0 Å². The molecule has 0 radical (unpaired) electrons. The molecular weight excluding hydrogens is 329 g/mol. The molecule has 0 aliphatic heterocycles. The quantitative estimate of drug-likeness (QED) is 0.874. The number of amides is 1. The fourth-order valence-electron chi connectivity index (χ4n) is 2.74. The molecule has 1 saturated carbocycles. The van der Waals surface area contributed by atoms with E-state index in [1.807, 2.05) is 27.0 Å². The molecule has 1 aliphatic rings. The molecule has 0 bridgehead atoms. The number of nitrogens with zero attached hydrogens (tertiary/aromatic N) is 1. The average molecular weight is 354 g/mol. The van der Waals surface area contributed by atoms with E-state index in [0.717, 1.165) is 35.6 Å². The molecule has 1 fully saturated rings. The zero-order valence-electron chi connectivity index (χ0n) is 12.7. The molecule has 3 unspecified atom stereocenters. The second kappa shape index (κ2) is 8.32. The van der Waals surface area contributed by atoms with Crippen molar-refractivity contribution in [1.29, 1.82) is 0 Å². The van der Waals surface area contributed by atoms with Crippen LogP contribution in [0.4, 0.5) is 0 Å². The van der Waals surface area contributed by atoms with E-state index in [1.54, 1.807) is 11.3 Å². The van der Waals surface area contributed by atoms with Crippen LogP contribution in [0, 0.1) is 12.8 Å². The highest BCUT2D eigenvalue weighted by molar-refractivity contribution is 7.11. The van der Waals surface area contributed by atoms with Crippen LogP contribution in [0.5, 0.6) is 0 Å². The minimum atomic E-state index is -0.374. The van der Waals surface area contributed by atoms with Crippen molar-refractivity contribution in [3.8, 4) is 0 Å². The van der Waals surface area contributed by atoms with Crippen LogP contribution >= 0.6 is 36.2 Å². The van der Waals surface area contributed by atoms with Crippen LogP contribution in [-0.2, 0) is 4.79 Å². The van der Waals surface area contributed by atoms with E-state index in [0.29, 0.717) is 0 Å². The maximum atomic E-state index is 12.4. The van der Waals surface area contributed by atoms with Crippen molar-refractivity contribution >= 4 is 42.1 Å². The van der Waals surface area contributed by atoms with Gasteiger partial charge in [-0.1, -0.05) is 12.8 Å². The van der Waals surface area contributed by atoms with Crippen molar-refractivity contribution in [3.63, 3.8) is 0 Å². The molecule has 3 atom stereocenters. The smallest absolute Gasteiger partial charge is 0.225 e. The number of hydrogen-bond acceptors (Lipinski definition) is 4. The molecule has 122 valence electrons. The normalized spacial score (nSPS) is 26.2. The monoisotopic (exact) mass is 353 g/mol. The second-order valence-corrected chi connectivity index (χ2v) is 7.11. The van der Waals surface area contributed by atoms with Gasteiger partial charge < -0.3 is 11.1 Å². The Balaban J connectivity index is 0.00000200. The van der Waals surface area contributed by atoms with Crippen LogP contribution in [0.2, 0.25) is 0 Å². The highest BCUT2D eigenvalue weighted by Gasteiger charge is 2.38. The standard InChI is InChI=1S/C14H23N3OS.2ClH/c1-9-8-16-13(19-9)10(2)17-12(18)11-6-4-5-7-14(11,3)15;;/h8,10-11H,4-7,15H2,1-3H3,(H,17,18);2*1H. The summed E-state index contributed by atoms with van der Waals surface area (Å²) in [7, 11) is 0. The molecule has 0 spiro atoms. The van der Waals surface area contributed by atoms with E-state index in [2.05, 4.69) is 10.3 Å². The van der Waals surface area contributed by atoms with Crippen molar-refractivity contribution in [2.24, 2.45) is 11.7 Å². The molecule has 4 nitrogen and oxygen atoms in total. The Hall–Kier alpha value is -0.360. The Kier molecular flexibility index (Phi) is 8.18. The zero-order chi connectivity index (χ0) is 14.0. The third-order valence-corrected chi connectivity index (χ3v) is 5.03. The number of thiazole rings is 1. The summed E-state index contributed by atoms with van der Waals surface area (Å²) in [5.41, 5.74) is 5.89. The van der Waals surface area contributed by atoms with Gasteiger partial charge in [0.1, 0.15) is 5.01 Å². The first-order valence-corrected chi connectivity index (χ1v) is 7.73. The first kappa shape index (κ1) is 20.6. The lowest BCUT2D eigenvalue weighted by atomic mass is 9.74. The third-order valence-electron chi connectivity index (χ3n) is 3.94. The highest BCUT2D eigenvalue weighted by atomic mass is 35.5. The van der Waals surface area contributed by atoms with Crippen LogP contribution in [-0.4, -0.2) is 16.4 Å². The molecule has 2 rings (SSSR count). The van der Waals surface area contributed by atoms with Gasteiger partial charge in [-0.3, -0.25) is 4.79 Å². The first-order valence-electron chi connectivity index (χ1n) is 6.92. The van der Waals surface area contributed by atoms with Crippen molar-refractivity contribution < 1.29 is 4.79 Å². The summed E-state index contributed by atoms with van der Waals surface area (Å²) >= 11 is 1.63. The van der Waals surface area contributed by atoms with Gasteiger partial charge in [0, 0.05) is 16.6 Å². The van der Waals surface area contributed by atoms with Crippen molar-refractivity contribution in [2.75, 3.05) is 0 Å². The van der Waals surface area contributed by atoms with E-state index in [9.17, 15) is 4.79 Å². The van der Waals surface area contributed by atoms with E-state index in [4.69, 9.17) is 5.73 Å². The van der Waals surface area contributed by atoms with Gasteiger partial charge in [0.25, 0.3) is 0 Å². The van der Waals surface area contributed by atoms with Crippen LogP contribution in [0.15, 0.2) is 6.20 Å². The Labute approximate surface area is 143 Å². The van der Waals surface area contributed by atoms with Crippen LogP contribution in [0.3, 0.4) is 0 Å². The third kappa shape index (κ3) is 5.09. The summed E-state index contributed by atoms with van der Waals surface area (Å²) in [5.74, 6) is -0.00480. The number of aromatic nitrogens is 1. The average Bonchev–Trinajstić information content (AvgIpc) is 2.75. The Morgan fingerprint density at radius 2 is 2.19 bits per heavy atom. The molecule has 7 heteroatoms. The number of halogens is 2. The van der Waals surface area contributed by atoms with E-state index in [1.165, 1.54) is 0 Å². The Bertz CT molecular complexity index is 465. The van der Waals surface area contributed by atoms with Gasteiger partial charge in [-0.25, -0.2) is 4.98 Å².